The molecule has 7 nitrogen and oxygen atoms in total. The molecule has 2 aromatic rings. The minimum absolute atomic E-state index is 0.145. The molecule has 0 unspecified atom stereocenters. The van der Waals surface area contributed by atoms with E-state index in [1.165, 1.54) is 27.3 Å². The summed E-state index contributed by atoms with van der Waals surface area (Å²) < 4.78 is 36.4. The second-order valence-corrected chi connectivity index (χ2v) is 8.50. The maximum absolute atomic E-state index is 12.3. The van der Waals surface area contributed by atoms with Crippen LogP contribution in [0.25, 0.3) is 0 Å². The van der Waals surface area contributed by atoms with E-state index in [1.807, 2.05) is 24.3 Å². The fourth-order valence-electron chi connectivity index (χ4n) is 2.70. The summed E-state index contributed by atoms with van der Waals surface area (Å²) in [6.45, 7) is 0.356. The number of benzene rings is 2. The molecule has 0 aliphatic heterocycles. The lowest BCUT2D eigenvalue weighted by Gasteiger charge is -2.15. The van der Waals surface area contributed by atoms with Crippen LogP contribution in [0.2, 0.25) is 0 Å². The molecule has 2 aromatic carbocycles. The molecule has 0 aliphatic carbocycles. The van der Waals surface area contributed by atoms with Crippen LogP contribution < -0.4 is 14.8 Å². The number of nitrogens with zero attached hydrogens (tertiary/aromatic N) is 1. The lowest BCUT2D eigenvalue weighted by atomic mass is 10.1. The zero-order valence-corrected chi connectivity index (χ0v) is 17.4. The summed E-state index contributed by atoms with van der Waals surface area (Å²) in [5, 5.41) is 2.86. The molecule has 0 heterocycles. The molecule has 28 heavy (non-hydrogen) atoms. The molecule has 1 amide bonds. The van der Waals surface area contributed by atoms with Crippen LogP contribution in [-0.2, 0) is 27.8 Å². The summed E-state index contributed by atoms with van der Waals surface area (Å²) in [4.78, 5) is 12.4. The second kappa shape index (κ2) is 9.57. The quantitative estimate of drug-likeness (QED) is 0.690. The van der Waals surface area contributed by atoms with Crippen molar-refractivity contribution >= 4 is 15.9 Å². The van der Waals surface area contributed by atoms with Crippen LogP contribution in [0.4, 0.5) is 0 Å². The average molecular weight is 407 g/mol. The van der Waals surface area contributed by atoms with Gasteiger partial charge in [-0.2, -0.15) is 0 Å². The highest BCUT2D eigenvalue weighted by Crippen LogP contribution is 2.25. The molecule has 1 N–H and O–H groups in total. The first-order valence-electron chi connectivity index (χ1n) is 8.77. The Balaban J connectivity index is 2.05. The molecule has 0 fully saturated rings. The zero-order chi connectivity index (χ0) is 20.7. The van der Waals surface area contributed by atoms with E-state index in [1.54, 1.807) is 19.2 Å². The van der Waals surface area contributed by atoms with Gasteiger partial charge in [0, 0.05) is 32.6 Å². The monoisotopic (exact) mass is 406 g/mol. The lowest BCUT2D eigenvalue weighted by Crippen LogP contribution is -2.24. The first-order chi connectivity index (χ1) is 13.3. The molecule has 0 saturated carbocycles. The van der Waals surface area contributed by atoms with Gasteiger partial charge >= 0.3 is 0 Å². The number of hydrogen-bond donors (Lipinski definition) is 1. The van der Waals surface area contributed by atoms with Crippen LogP contribution in [0.3, 0.4) is 0 Å². The minimum atomic E-state index is -3.55. The summed E-state index contributed by atoms with van der Waals surface area (Å²) in [5.74, 6) is 1.12. The lowest BCUT2D eigenvalue weighted by molar-refractivity contribution is -0.121. The normalized spacial score (nSPS) is 11.3. The van der Waals surface area contributed by atoms with Crippen LogP contribution in [0, 0.1) is 0 Å². The first kappa shape index (κ1) is 21.7. The maximum Gasteiger partial charge on any atom is 0.242 e. The predicted molar refractivity (Wildman–Crippen MR) is 107 cm³/mol. The number of rotatable bonds is 9. The van der Waals surface area contributed by atoms with E-state index in [0.29, 0.717) is 30.0 Å². The molecule has 8 heteroatoms. The average Bonchev–Trinajstić information content (AvgIpc) is 2.70. The molecule has 0 spiro atoms. The van der Waals surface area contributed by atoms with Crippen molar-refractivity contribution in [2.45, 2.75) is 24.3 Å². The van der Waals surface area contributed by atoms with Gasteiger partial charge in [-0.15, -0.1) is 0 Å². The highest BCUT2D eigenvalue weighted by atomic mass is 32.2. The smallest absolute Gasteiger partial charge is 0.242 e. The molecule has 0 saturated heterocycles. The van der Waals surface area contributed by atoms with Gasteiger partial charge in [-0.05, 0) is 36.2 Å². The van der Waals surface area contributed by atoms with Gasteiger partial charge < -0.3 is 14.8 Å². The molecule has 2 rings (SSSR count). The number of methoxy groups -OCH3 is 2. The molecular weight excluding hydrogens is 380 g/mol. The van der Waals surface area contributed by atoms with Gasteiger partial charge in [0.05, 0.1) is 19.1 Å². The SMILES string of the molecule is COc1ccc(S(=O)(=O)N(C)C)cc1CCC(=O)NCc1ccccc1OC. The third-order valence-corrected chi connectivity index (χ3v) is 6.13. The van der Waals surface area contributed by atoms with E-state index in [4.69, 9.17) is 9.47 Å². The van der Waals surface area contributed by atoms with E-state index >= 15 is 0 Å². The fraction of sp³-hybridized carbons (Fsp3) is 0.350. The van der Waals surface area contributed by atoms with Gasteiger partial charge in [0.1, 0.15) is 11.5 Å². The largest absolute Gasteiger partial charge is 0.496 e. The van der Waals surface area contributed by atoms with Crippen LogP contribution in [0.1, 0.15) is 17.5 Å². The van der Waals surface area contributed by atoms with Crippen LogP contribution in [-0.4, -0.2) is 46.9 Å². The van der Waals surface area contributed by atoms with Gasteiger partial charge in [-0.3, -0.25) is 4.79 Å². The Labute approximate surface area is 166 Å². The standard InChI is InChI=1S/C20H26N2O5S/c1-22(2)28(24,25)17-10-11-19(27-4)15(13-17)9-12-20(23)21-14-16-7-5-6-8-18(16)26-3/h5-8,10-11,13H,9,12,14H2,1-4H3,(H,21,23). The van der Waals surface area contributed by atoms with Crippen molar-refractivity contribution in [3.8, 4) is 11.5 Å². The van der Waals surface area contributed by atoms with Crippen LogP contribution >= 0.6 is 0 Å². The molecular formula is C20H26N2O5S. The number of carbonyl (C=O) groups is 1. The van der Waals surface area contributed by atoms with Crippen LogP contribution in [0.15, 0.2) is 47.4 Å². The highest BCUT2D eigenvalue weighted by Gasteiger charge is 2.19. The number of aryl methyl sites for hydroxylation is 1. The Morgan fingerprint density at radius 1 is 1.00 bits per heavy atom. The predicted octanol–water partition coefficient (Wildman–Crippen LogP) is 2.20. The van der Waals surface area contributed by atoms with Gasteiger partial charge in [-0.1, -0.05) is 18.2 Å². The van der Waals surface area contributed by atoms with E-state index in [2.05, 4.69) is 5.32 Å². The van der Waals surface area contributed by atoms with Crippen molar-refractivity contribution in [1.29, 1.82) is 0 Å². The molecule has 152 valence electrons. The van der Waals surface area contributed by atoms with Crippen LogP contribution in [0.5, 0.6) is 11.5 Å². The van der Waals surface area contributed by atoms with Gasteiger partial charge in [-0.25, -0.2) is 12.7 Å². The Hall–Kier alpha value is -2.58. The van der Waals surface area contributed by atoms with E-state index in [-0.39, 0.29) is 17.2 Å². The van der Waals surface area contributed by atoms with Crippen molar-refractivity contribution < 1.29 is 22.7 Å². The maximum atomic E-state index is 12.3. The minimum Gasteiger partial charge on any atom is -0.496 e. The van der Waals surface area contributed by atoms with Crippen molar-refractivity contribution in [2.24, 2.45) is 0 Å². The number of carbonyl (C=O) groups excluding carboxylic acids is 1. The van der Waals surface area contributed by atoms with Gasteiger partial charge in [0.15, 0.2) is 0 Å². The third kappa shape index (κ3) is 5.24. The second-order valence-electron chi connectivity index (χ2n) is 6.35. The zero-order valence-electron chi connectivity index (χ0n) is 16.6. The molecule has 0 atom stereocenters. The molecule has 0 bridgehead atoms. The number of nitrogens with one attached hydrogen (secondary N) is 1. The number of amides is 1. The van der Waals surface area contributed by atoms with Gasteiger partial charge in [0.2, 0.25) is 15.9 Å². The molecule has 0 aliphatic rings. The molecule has 0 radical (unpaired) electrons. The van der Waals surface area contributed by atoms with E-state index < -0.39 is 10.0 Å². The highest BCUT2D eigenvalue weighted by molar-refractivity contribution is 7.89. The Kier molecular flexibility index (Phi) is 7.42. The Morgan fingerprint density at radius 2 is 1.64 bits per heavy atom. The summed E-state index contributed by atoms with van der Waals surface area (Å²) in [7, 11) is 2.50. The first-order valence-corrected chi connectivity index (χ1v) is 10.2. The Morgan fingerprint density at radius 3 is 2.29 bits per heavy atom. The van der Waals surface area contributed by atoms with Crippen molar-refractivity contribution in [3.63, 3.8) is 0 Å². The number of ether oxygens (including phenoxy) is 2. The summed E-state index contributed by atoms with van der Waals surface area (Å²) in [5.41, 5.74) is 1.55. The fourth-order valence-corrected chi connectivity index (χ4v) is 3.65. The third-order valence-electron chi connectivity index (χ3n) is 4.32. The van der Waals surface area contributed by atoms with E-state index in [9.17, 15) is 13.2 Å². The van der Waals surface area contributed by atoms with Crippen molar-refractivity contribution in [1.82, 2.24) is 9.62 Å². The number of sulfonamides is 1. The topological polar surface area (TPSA) is 84.9 Å². The summed E-state index contributed by atoms with van der Waals surface area (Å²) in [6.07, 6.45) is 0.564. The van der Waals surface area contributed by atoms with Crippen molar-refractivity contribution in [3.05, 3.63) is 53.6 Å². The Bertz CT molecular complexity index is 926. The summed E-state index contributed by atoms with van der Waals surface area (Å²) in [6, 6.07) is 12.1. The van der Waals surface area contributed by atoms with E-state index in [0.717, 1.165) is 9.87 Å². The summed E-state index contributed by atoms with van der Waals surface area (Å²) >= 11 is 0. The van der Waals surface area contributed by atoms with Crippen molar-refractivity contribution in [2.75, 3.05) is 28.3 Å². The number of para-hydroxylation sites is 1. The molecule has 0 aromatic heterocycles. The van der Waals surface area contributed by atoms with Gasteiger partial charge in [0.25, 0.3) is 0 Å². The number of hydrogen-bond acceptors (Lipinski definition) is 5.